The number of nitrogens with one attached hydrogen (secondary N) is 2. The minimum atomic E-state index is -0.360. The van der Waals surface area contributed by atoms with Gasteiger partial charge in [-0.1, -0.05) is 0 Å². The van der Waals surface area contributed by atoms with Gasteiger partial charge in [0.1, 0.15) is 0 Å². The molecule has 0 saturated heterocycles. The van der Waals surface area contributed by atoms with Crippen molar-refractivity contribution >= 4 is 40.3 Å². The van der Waals surface area contributed by atoms with Crippen LogP contribution in [0.2, 0.25) is 0 Å². The number of hydrogen-bond donors (Lipinski definition) is 4. The van der Waals surface area contributed by atoms with Crippen molar-refractivity contribution in [1.82, 2.24) is 0 Å². The Bertz CT molecular complexity index is 996. The van der Waals surface area contributed by atoms with Gasteiger partial charge in [-0.25, -0.2) is 0 Å². The first-order valence-corrected chi connectivity index (χ1v) is 8.81. The van der Waals surface area contributed by atoms with Crippen molar-refractivity contribution in [3.8, 4) is 0 Å². The highest BCUT2D eigenvalue weighted by molar-refractivity contribution is 6.08. The van der Waals surface area contributed by atoms with Crippen LogP contribution in [-0.4, -0.2) is 17.6 Å². The molecule has 3 rings (SSSR count). The predicted octanol–water partition coefficient (Wildman–Crippen LogP) is 3.56. The third-order valence-electron chi connectivity index (χ3n) is 4.20. The van der Waals surface area contributed by atoms with Gasteiger partial charge >= 0.3 is 0 Å². The van der Waals surface area contributed by atoms with Gasteiger partial charge in [-0.15, -0.1) is 0 Å². The van der Waals surface area contributed by atoms with Gasteiger partial charge in [-0.3, -0.25) is 14.4 Å². The topological polar surface area (TPSA) is 127 Å². The van der Waals surface area contributed by atoms with Crippen molar-refractivity contribution in [3.05, 3.63) is 83.4 Å². The summed E-state index contributed by atoms with van der Waals surface area (Å²) in [5, 5.41) is 5.47. The van der Waals surface area contributed by atoms with Crippen molar-refractivity contribution in [3.63, 3.8) is 0 Å². The molecule has 3 aromatic carbocycles. The van der Waals surface area contributed by atoms with Crippen LogP contribution >= 0.6 is 0 Å². The van der Waals surface area contributed by atoms with Gasteiger partial charge in [0.25, 0.3) is 11.8 Å². The number of hydrogen-bond acceptors (Lipinski definition) is 5. The number of nitrogen functional groups attached to an aromatic ring is 2. The van der Waals surface area contributed by atoms with E-state index >= 15 is 0 Å². The van der Waals surface area contributed by atoms with E-state index in [1.807, 2.05) is 0 Å². The fourth-order valence-corrected chi connectivity index (χ4v) is 2.65. The number of rotatable bonds is 5. The highest BCUT2D eigenvalue weighted by atomic mass is 16.2. The van der Waals surface area contributed by atoms with E-state index in [0.29, 0.717) is 39.4 Å². The summed E-state index contributed by atoms with van der Waals surface area (Å²) in [5.74, 6) is -0.917. The van der Waals surface area contributed by atoms with Gasteiger partial charge in [0.15, 0.2) is 5.78 Å². The number of anilines is 4. The lowest BCUT2D eigenvalue weighted by Crippen LogP contribution is -2.15. The summed E-state index contributed by atoms with van der Waals surface area (Å²) in [6, 6.07) is 17.6. The molecule has 0 aliphatic heterocycles. The van der Waals surface area contributed by atoms with Crippen LogP contribution in [0.25, 0.3) is 0 Å². The zero-order valence-corrected chi connectivity index (χ0v) is 15.7. The second kappa shape index (κ2) is 8.26. The normalized spacial score (nSPS) is 10.2. The monoisotopic (exact) mass is 388 g/mol. The van der Waals surface area contributed by atoms with E-state index in [2.05, 4.69) is 10.6 Å². The lowest BCUT2D eigenvalue weighted by atomic mass is 10.1. The molecule has 0 heterocycles. The Morgan fingerprint density at radius 3 is 1.34 bits per heavy atom. The molecular formula is C22H20N4O3. The van der Waals surface area contributed by atoms with Crippen LogP contribution < -0.4 is 22.1 Å². The lowest BCUT2D eigenvalue weighted by molar-refractivity contribution is 0.100. The molecule has 6 N–H and O–H groups in total. The average Bonchev–Trinajstić information content (AvgIpc) is 2.68. The second-order valence-corrected chi connectivity index (χ2v) is 6.51. The SMILES string of the molecule is CC(=O)c1cc(NC(=O)c2ccc(N)cc2)cc(NC(=O)c2ccc(N)cc2)c1. The number of carbonyl (C=O) groups is 3. The summed E-state index contributed by atoms with van der Waals surface area (Å²) in [4.78, 5) is 36.8. The Kier molecular flexibility index (Phi) is 5.59. The maximum atomic E-state index is 12.5. The van der Waals surface area contributed by atoms with Crippen molar-refractivity contribution in [2.24, 2.45) is 0 Å². The summed E-state index contributed by atoms with van der Waals surface area (Å²) in [6.07, 6.45) is 0. The Morgan fingerprint density at radius 1 is 0.621 bits per heavy atom. The highest BCUT2D eigenvalue weighted by Gasteiger charge is 2.12. The predicted molar refractivity (Wildman–Crippen MR) is 114 cm³/mol. The molecule has 0 bridgehead atoms. The number of nitrogens with two attached hydrogens (primary N) is 2. The first kappa shape index (κ1) is 19.6. The minimum absolute atomic E-state index is 0.198. The summed E-state index contributed by atoms with van der Waals surface area (Å²) in [7, 11) is 0. The number of carbonyl (C=O) groups excluding carboxylic acids is 3. The molecule has 29 heavy (non-hydrogen) atoms. The van der Waals surface area contributed by atoms with E-state index in [4.69, 9.17) is 11.5 Å². The third-order valence-corrected chi connectivity index (χ3v) is 4.20. The molecule has 7 heteroatoms. The van der Waals surface area contributed by atoms with Crippen LogP contribution in [0.5, 0.6) is 0 Å². The van der Waals surface area contributed by atoms with Crippen LogP contribution in [0.4, 0.5) is 22.7 Å². The number of benzene rings is 3. The molecule has 2 amide bonds. The van der Waals surface area contributed by atoms with Crippen LogP contribution in [0.3, 0.4) is 0 Å². The van der Waals surface area contributed by atoms with E-state index < -0.39 is 0 Å². The molecule has 7 nitrogen and oxygen atoms in total. The van der Waals surface area contributed by atoms with Gasteiger partial charge in [0, 0.05) is 39.4 Å². The molecule has 0 spiro atoms. The van der Waals surface area contributed by atoms with Crippen molar-refractivity contribution in [2.45, 2.75) is 6.92 Å². The number of amides is 2. The van der Waals surface area contributed by atoms with Crippen molar-refractivity contribution in [1.29, 1.82) is 0 Å². The average molecular weight is 388 g/mol. The Hall–Kier alpha value is -4.13. The van der Waals surface area contributed by atoms with Crippen LogP contribution in [0, 0.1) is 0 Å². The zero-order valence-electron chi connectivity index (χ0n) is 15.7. The molecule has 0 radical (unpaired) electrons. The Morgan fingerprint density at radius 2 is 1.00 bits per heavy atom. The molecule has 0 atom stereocenters. The van der Waals surface area contributed by atoms with E-state index in [-0.39, 0.29) is 17.6 Å². The summed E-state index contributed by atoms with van der Waals surface area (Å²) < 4.78 is 0. The second-order valence-electron chi connectivity index (χ2n) is 6.51. The van der Waals surface area contributed by atoms with Crippen molar-refractivity contribution < 1.29 is 14.4 Å². The fourth-order valence-electron chi connectivity index (χ4n) is 2.65. The van der Waals surface area contributed by atoms with Gasteiger partial charge in [0.05, 0.1) is 0 Å². The Balaban J connectivity index is 1.84. The van der Waals surface area contributed by atoms with E-state index in [1.165, 1.54) is 6.92 Å². The van der Waals surface area contributed by atoms with Gasteiger partial charge in [0.2, 0.25) is 0 Å². The quantitative estimate of drug-likeness (QED) is 0.392. The van der Waals surface area contributed by atoms with E-state index in [9.17, 15) is 14.4 Å². The fraction of sp³-hybridized carbons (Fsp3) is 0.0455. The first-order valence-electron chi connectivity index (χ1n) is 8.81. The molecule has 146 valence electrons. The van der Waals surface area contributed by atoms with Gasteiger partial charge in [-0.05, 0) is 73.7 Å². The van der Waals surface area contributed by atoms with Crippen LogP contribution in [-0.2, 0) is 0 Å². The first-order chi connectivity index (χ1) is 13.8. The standard InChI is InChI=1S/C22H20N4O3/c1-13(27)16-10-19(25-21(28)14-2-6-17(23)7-3-14)12-20(11-16)26-22(29)15-4-8-18(24)9-5-15/h2-12H,23-24H2,1H3,(H,25,28)(H,26,29). The third kappa shape index (κ3) is 4.98. The molecule has 0 unspecified atom stereocenters. The summed E-state index contributed by atoms with van der Waals surface area (Å²) in [6.45, 7) is 1.41. The summed E-state index contributed by atoms with van der Waals surface area (Å²) >= 11 is 0. The van der Waals surface area contributed by atoms with E-state index in [0.717, 1.165) is 0 Å². The smallest absolute Gasteiger partial charge is 0.255 e. The minimum Gasteiger partial charge on any atom is -0.399 e. The number of Topliss-reactive ketones (excluding diaryl/α,β-unsaturated/α-hetero) is 1. The maximum absolute atomic E-state index is 12.5. The maximum Gasteiger partial charge on any atom is 0.255 e. The van der Waals surface area contributed by atoms with Crippen LogP contribution in [0.15, 0.2) is 66.7 Å². The lowest BCUT2D eigenvalue weighted by Gasteiger charge is -2.11. The largest absolute Gasteiger partial charge is 0.399 e. The molecule has 0 saturated carbocycles. The molecule has 3 aromatic rings. The molecule has 0 fully saturated rings. The molecule has 0 aliphatic rings. The Labute approximate surface area is 167 Å². The molecular weight excluding hydrogens is 368 g/mol. The van der Waals surface area contributed by atoms with Gasteiger partial charge in [-0.2, -0.15) is 0 Å². The van der Waals surface area contributed by atoms with Crippen molar-refractivity contribution in [2.75, 3.05) is 22.1 Å². The van der Waals surface area contributed by atoms with Crippen LogP contribution in [0.1, 0.15) is 38.0 Å². The summed E-state index contributed by atoms with van der Waals surface area (Å²) in [5.41, 5.74) is 14.3. The highest BCUT2D eigenvalue weighted by Crippen LogP contribution is 2.21. The van der Waals surface area contributed by atoms with E-state index in [1.54, 1.807) is 66.7 Å². The zero-order chi connectivity index (χ0) is 21.0. The van der Waals surface area contributed by atoms with Gasteiger partial charge < -0.3 is 22.1 Å². The number of ketones is 1. The molecule has 0 aromatic heterocycles. The molecule has 0 aliphatic carbocycles.